The van der Waals surface area contributed by atoms with Crippen molar-refractivity contribution in [2.24, 2.45) is 5.73 Å². The molecular weight excluding hydrogens is 250 g/mol. The topological polar surface area (TPSA) is 122 Å². The van der Waals surface area contributed by atoms with Crippen LogP contribution in [0.25, 0.3) is 0 Å². The minimum absolute atomic E-state index is 0.0238. The fourth-order valence-corrected chi connectivity index (χ4v) is 1.61. The average molecular weight is 273 g/mol. The van der Waals surface area contributed by atoms with Crippen LogP contribution in [-0.2, 0) is 9.59 Å². The average Bonchev–Trinajstić information content (AvgIpc) is 2.09. The number of carbonyl (C=O) groups excluding carboxylic acids is 2. The maximum absolute atomic E-state index is 11.8. The first-order chi connectivity index (χ1) is 8.43. The number of carboxylic acid groups (broad SMARTS) is 1. The van der Waals surface area contributed by atoms with E-state index in [2.05, 4.69) is 10.6 Å². The molecule has 0 fully saturated rings. The second kappa shape index (κ2) is 6.40. The standard InChI is InChI=1S/C12H23N3O4/c1-11(2,6-5-9(17)18)14-10(19)15-12(3,4)7-8(13)16/h5-7H2,1-4H3,(H2,13,16)(H,17,18)(H2,14,15,19). The third kappa shape index (κ3) is 8.87. The van der Waals surface area contributed by atoms with E-state index in [9.17, 15) is 14.4 Å². The highest BCUT2D eigenvalue weighted by molar-refractivity contribution is 5.79. The number of urea groups is 1. The van der Waals surface area contributed by atoms with E-state index >= 15 is 0 Å². The predicted molar refractivity (Wildman–Crippen MR) is 70.5 cm³/mol. The van der Waals surface area contributed by atoms with Crippen LogP contribution in [0.3, 0.4) is 0 Å². The van der Waals surface area contributed by atoms with Gasteiger partial charge in [0.15, 0.2) is 0 Å². The van der Waals surface area contributed by atoms with E-state index in [1.54, 1.807) is 27.7 Å². The molecule has 0 saturated heterocycles. The SMILES string of the molecule is CC(C)(CCC(=O)O)NC(=O)NC(C)(C)CC(N)=O. The quantitative estimate of drug-likeness (QED) is 0.542. The first-order valence-corrected chi connectivity index (χ1v) is 6.04. The van der Waals surface area contributed by atoms with Gasteiger partial charge in [0.2, 0.25) is 5.91 Å². The van der Waals surface area contributed by atoms with Gasteiger partial charge in [0.1, 0.15) is 0 Å². The first kappa shape index (κ1) is 17.2. The van der Waals surface area contributed by atoms with Crippen LogP contribution in [0, 0.1) is 0 Å². The van der Waals surface area contributed by atoms with Gasteiger partial charge in [-0.25, -0.2) is 4.79 Å². The van der Waals surface area contributed by atoms with Crippen molar-refractivity contribution in [1.82, 2.24) is 10.6 Å². The Bertz CT molecular complexity index is 364. The number of nitrogens with two attached hydrogens (primary N) is 1. The number of rotatable bonds is 7. The third-order valence-electron chi connectivity index (χ3n) is 2.48. The number of primary amides is 1. The lowest BCUT2D eigenvalue weighted by atomic mass is 9.98. The largest absolute Gasteiger partial charge is 0.481 e. The predicted octanol–water partition coefficient (Wildman–Crippen LogP) is 0.583. The molecule has 0 rings (SSSR count). The lowest BCUT2D eigenvalue weighted by Gasteiger charge is -2.30. The molecule has 110 valence electrons. The van der Waals surface area contributed by atoms with Crippen molar-refractivity contribution in [2.45, 2.75) is 58.0 Å². The summed E-state index contributed by atoms with van der Waals surface area (Å²) in [6, 6.07) is -0.457. The van der Waals surface area contributed by atoms with Crippen molar-refractivity contribution in [1.29, 1.82) is 0 Å². The van der Waals surface area contributed by atoms with Gasteiger partial charge in [-0.1, -0.05) is 0 Å². The molecule has 0 aliphatic carbocycles. The van der Waals surface area contributed by atoms with Crippen LogP contribution in [0.5, 0.6) is 0 Å². The van der Waals surface area contributed by atoms with E-state index in [0.717, 1.165) is 0 Å². The van der Waals surface area contributed by atoms with E-state index in [-0.39, 0.29) is 12.8 Å². The highest BCUT2D eigenvalue weighted by Crippen LogP contribution is 2.12. The number of carboxylic acids is 1. The number of amides is 3. The molecule has 0 aliphatic heterocycles. The molecule has 0 bridgehead atoms. The minimum Gasteiger partial charge on any atom is -0.481 e. The lowest BCUT2D eigenvalue weighted by Crippen LogP contribution is -2.55. The second-order valence-corrected chi connectivity index (χ2v) is 5.88. The maximum atomic E-state index is 11.8. The molecule has 0 radical (unpaired) electrons. The molecule has 5 N–H and O–H groups in total. The molecule has 0 saturated carbocycles. The van der Waals surface area contributed by atoms with E-state index in [1.807, 2.05) is 0 Å². The molecule has 0 heterocycles. The minimum atomic E-state index is -0.913. The smallest absolute Gasteiger partial charge is 0.315 e. The van der Waals surface area contributed by atoms with Gasteiger partial charge in [0.05, 0.1) is 0 Å². The molecule has 3 amide bonds. The van der Waals surface area contributed by atoms with E-state index in [4.69, 9.17) is 10.8 Å². The summed E-state index contributed by atoms with van der Waals surface area (Å²) < 4.78 is 0. The Morgan fingerprint density at radius 2 is 1.53 bits per heavy atom. The fraction of sp³-hybridized carbons (Fsp3) is 0.750. The summed E-state index contributed by atoms with van der Waals surface area (Å²) in [4.78, 5) is 33.1. The van der Waals surface area contributed by atoms with Crippen molar-refractivity contribution in [2.75, 3.05) is 0 Å². The number of carbonyl (C=O) groups is 3. The zero-order valence-electron chi connectivity index (χ0n) is 11.9. The van der Waals surface area contributed by atoms with Crippen molar-refractivity contribution in [3.8, 4) is 0 Å². The Balaban J connectivity index is 4.36. The Morgan fingerprint density at radius 1 is 1.05 bits per heavy atom. The zero-order chi connectivity index (χ0) is 15.3. The summed E-state index contributed by atoms with van der Waals surface area (Å²) in [5.74, 6) is -1.42. The summed E-state index contributed by atoms with van der Waals surface area (Å²) >= 11 is 0. The maximum Gasteiger partial charge on any atom is 0.315 e. The molecule has 0 aromatic carbocycles. The Labute approximate surface area is 112 Å². The molecule has 0 spiro atoms. The van der Waals surface area contributed by atoms with Crippen LogP contribution in [-0.4, -0.2) is 34.1 Å². The molecule has 7 heteroatoms. The molecule has 7 nitrogen and oxygen atoms in total. The van der Waals surface area contributed by atoms with Gasteiger partial charge in [0, 0.05) is 23.9 Å². The van der Waals surface area contributed by atoms with Crippen LogP contribution in [0.4, 0.5) is 4.79 Å². The van der Waals surface area contributed by atoms with Gasteiger partial charge >= 0.3 is 12.0 Å². The second-order valence-electron chi connectivity index (χ2n) is 5.88. The molecule has 0 unspecified atom stereocenters. The molecule has 0 atom stereocenters. The Morgan fingerprint density at radius 3 is 1.95 bits per heavy atom. The number of hydrogen-bond acceptors (Lipinski definition) is 3. The summed E-state index contributed by atoms with van der Waals surface area (Å²) in [7, 11) is 0. The van der Waals surface area contributed by atoms with Crippen LogP contribution >= 0.6 is 0 Å². The van der Waals surface area contributed by atoms with Crippen molar-refractivity contribution in [3.05, 3.63) is 0 Å². The van der Waals surface area contributed by atoms with Gasteiger partial charge in [-0.05, 0) is 34.1 Å². The van der Waals surface area contributed by atoms with Crippen molar-refractivity contribution < 1.29 is 19.5 Å². The summed E-state index contributed by atoms with van der Waals surface area (Å²) in [5, 5.41) is 13.9. The lowest BCUT2D eigenvalue weighted by molar-refractivity contribution is -0.137. The van der Waals surface area contributed by atoms with Crippen LogP contribution in [0.2, 0.25) is 0 Å². The number of aliphatic carboxylic acids is 1. The summed E-state index contributed by atoms with van der Waals surface area (Å²) in [6.07, 6.45) is 0.305. The van der Waals surface area contributed by atoms with E-state index in [1.165, 1.54) is 0 Å². The van der Waals surface area contributed by atoms with Crippen molar-refractivity contribution >= 4 is 17.9 Å². The monoisotopic (exact) mass is 273 g/mol. The molecular formula is C12H23N3O4. The fourth-order valence-electron chi connectivity index (χ4n) is 1.61. The van der Waals surface area contributed by atoms with Crippen LogP contribution in [0.1, 0.15) is 47.0 Å². The van der Waals surface area contributed by atoms with Gasteiger partial charge in [-0.3, -0.25) is 9.59 Å². The van der Waals surface area contributed by atoms with E-state index in [0.29, 0.717) is 6.42 Å². The van der Waals surface area contributed by atoms with Crippen molar-refractivity contribution in [3.63, 3.8) is 0 Å². The molecule has 0 aromatic rings. The highest BCUT2D eigenvalue weighted by atomic mass is 16.4. The Hall–Kier alpha value is -1.79. The third-order valence-corrected chi connectivity index (χ3v) is 2.48. The molecule has 19 heavy (non-hydrogen) atoms. The normalized spacial score (nSPS) is 11.8. The van der Waals surface area contributed by atoms with Gasteiger partial charge < -0.3 is 21.5 Å². The van der Waals surface area contributed by atoms with Crippen LogP contribution < -0.4 is 16.4 Å². The van der Waals surface area contributed by atoms with E-state index < -0.39 is 29.0 Å². The zero-order valence-corrected chi connectivity index (χ0v) is 11.9. The number of hydrogen-bond donors (Lipinski definition) is 4. The summed E-state index contributed by atoms with van der Waals surface area (Å²) in [5.41, 5.74) is 3.69. The first-order valence-electron chi connectivity index (χ1n) is 6.04. The van der Waals surface area contributed by atoms with Gasteiger partial charge in [-0.2, -0.15) is 0 Å². The van der Waals surface area contributed by atoms with Gasteiger partial charge in [0.25, 0.3) is 0 Å². The van der Waals surface area contributed by atoms with Crippen LogP contribution in [0.15, 0.2) is 0 Å². The summed E-state index contributed by atoms with van der Waals surface area (Å²) in [6.45, 7) is 6.83. The van der Waals surface area contributed by atoms with Gasteiger partial charge in [-0.15, -0.1) is 0 Å². The molecule has 0 aromatic heterocycles. The number of nitrogens with one attached hydrogen (secondary N) is 2. The highest BCUT2D eigenvalue weighted by Gasteiger charge is 2.26. The Kier molecular flexibility index (Phi) is 5.80. The molecule has 0 aliphatic rings.